The molecule has 106 valence electrons. The van der Waals surface area contributed by atoms with Gasteiger partial charge in [0.05, 0.1) is 23.0 Å². The number of nitrogens with two attached hydrogens (primary N) is 1. The number of pyridine rings is 1. The second kappa shape index (κ2) is 6.54. The summed E-state index contributed by atoms with van der Waals surface area (Å²) in [6.07, 6.45) is 2.81. The van der Waals surface area contributed by atoms with Gasteiger partial charge in [-0.05, 0) is 41.4 Å². The molecule has 2 rings (SSSR count). The van der Waals surface area contributed by atoms with E-state index in [0.29, 0.717) is 5.69 Å². The Bertz CT molecular complexity index is 441. The van der Waals surface area contributed by atoms with E-state index in [4.69, 9.17) is 10.8 Å². The molecule has 1 aromatic heterocycles. The predicted molar refractivity (Wildman–Crippen MR) is 81.4 cm³/mol. The molecule has 0 aromatic carbocycles. The zero-order chi connectivity index (χ0) is 13.8. The molecule has 1 fully saturated rings. The smallest absolute Gasteiger partial charge is 0.143 e. The lowest BCUT2D eigenvalue weighted by molar-refractivity contribution is 0.204. The minimum atomic E-state index is 0.225. The van der Waals surface area contributed by atoms with Crippen LogP contribution in [0.5, 0.6) is 0 Å². The first-order valence-electron chi connectivity index (χ1n) is 6.62. The first-order valence-corrected chi connectivity index (χ1v) is 7.41. The van der Waals surface area contributed by atoms with Crippen molar-refractivity contribution in [2.45, 2.75) is 13.3 Å². The van der Waals surface area contributed by atoms with Crippen molar-refractivity contribution in [1.82, 2.24) is 9.88 Å². The van der Waals surface area contributed by atoms with Crippen LogP contribution in [0.2, 0.25) is 0 Å². The number of β-amino-alcohol motifs (C(OH)–C–C–N with tert-alkyl or cyclic N) is 1. The lowest BCUT2D eigenvalue weighted by Gasteiger charge is -2.24. The largest absolute Gasteiger partial charge is 0.397 e. The van der Waals surface area contributed by atoms with E-state index in [1.807, 2.05) is 6.92 Å². The maximum Gasteiger partial charge on any atom is 0.143 e. The third-order valence-electron chi connectivity index (χ3n) is 3.59. The van der Waals surface area contributed by atoms with Crippen molar-refractivity contribution in [3.05, 3.63) is 16.2 Å². The van der Waals surface area contributed by atoms with Crippen molar-refractivity contribution in [3.8, 4) is 0 Å². The highest BCUT2D eigenvalue weighted by molar-refractivity contribution is 9.10. The van der Waals surface area contributed by atoms with Crippen LogP contribution in [0.1, 0.15) is 12.0 Å². The van der Waals surface area contributed by atoms with Gasteiger partial charge in [-0.1, -0.05) is 0 Å². The maximum atomic E-state index is 9.02. The molecule has 0 aliphatic carbocycles. The van der Waals surface area contributed by atoms with Crippen molar-refractivity contribution in [3.63, 3.8) is 0 Å². The Morgan fingerprint density at radius 2 is 2.16 bits per heavy atom. The molecule has 19 heavy (non-hydrogen) atoms. The molecule has 2 heterocycles. The molecule has 1 saturated heterocycles. The second-order valence-electron chi connectivity index (χ2n) is 4.88. The van der Waals surface area contributed by atoms with Crippen LogP contribution < -0.4 is 10.6 Å². The van der Waals surface area contributed by atoms with Crippen LogP contribution in [0, 0.1) is 6.92 Å². The van der Waals surface area contributed by atoms with E-state index in [2.05, 4.69) is 30.7 Å². The van der Waals surface area contributed by atoms with Gasteiger partial charge in [-0.15, -0.1) is 0 Å². The molecule has 0 spiro atoms. The highest BCUT2D eigenvalue weighted by Crippen LogP contribution is 2.30. The summed E-state index contributed by atoms with van der Waals surface area (Å²) in [4.78, 5) is 9.04. The number of anilines is 2. The van der Waals surface area contributed by atoms with E-state index in [-0.39, 0.29) is 6.61 Å². The Hall–Kier alpha value is -0.850. The summed E-state index contributed by atoms with van der Waals surface area (Å²) in [5.41, 5.74) is 7.62. The van der Waals surface area contributed by atoms with Crippen molar-refractivity contribution in [2.24, 2.45) is 0 Å². The number of aliphatic hydroxyl groups is 1. The Kier molecular flexibility index (Phi) is 5.01. The van der Waals surface area contributed by atoms with Gasteiger partial charge >= 0.3 is 0 Å². The molecule has 1 aromatic rings. The van der Waals surface area contributed by atoms with Gasteiger partial charge in [0.25, 0.3) is 0 Å². The average molecular weight is 329 g/mol. The fourth-order valence-corrected chi connectivity index (χ4v) is 2.93. The van der Waals surface area contributed by atoms with Crippen LogP contribution in [-0.4, -0.2) is 54.3 Å². The first-order chi connectivity index (χ1) is 9.13. The highest BCUT2D eigenvalue weighted by Gasteiger charge is 2.18. The number of hydrogen-bond donors (Lipinski definition) is 2. The summed E-state index contributed by atoms with van der Waals surface area (Å²) in [7, 11) is 0. The number of aromatic nitrogens is 1. The fraction of sp³-hybridized carbons (Fsp3) is 0.615. The SMILES string of the molecule is Cc1c(N)cnc(N2CCCN(CCO)CC2)c1Br. The summed E-state index contributed by atoms with van der Waals surface area (Å²) in [5.74, 6) is 0.970. The molecule has 1 aliphatic heterocycles. The molecule has 0 saturated carbocycles. The third kappa shape index (κ3) is 3.38. The molecular weight excluding hydrogens is 308 g/mol. The highest BCUT2D eigenvalue weighted by atomic mass is 79.9. The molecule has 5 nitrogen and oxygen atoms in total. The standard InChI is InChI=1S/C13H21BrN4O/c1-10-11(15)9-16-13(12(10)14)18-4-2-3-17(5-6-18)7-8-19/h9,19H,2-8,15H2,1H3. The quantitative estimate of drug-likeness (QED) is 0.873. The molecule has 0 amide bonds. The summed E-state index contributed by atoms with van der Waals surface area (Å²) < 4.78 is 0.989. The predicted octanol–water partition coefficient (Wildman–Crippen LogP) is 1.24. The van der Waals surface area contributed by atoms with E-state index < -0.39 is 0 Å². The summed E-state index contributed by atoms with van der Waals surface area (Å²) in [6.45, 7) is 6.87. The third-order valence-corrected chi connectivity index (χ3v) is 4.54. The van der Waals surface area contributed by atoms with E-state index in [1.165, 1.54) is 0 Å². The van der Waals surface area contributed by atoms with Crippen LogP contribution >= 0.6 is 15.9 Å². The van der Waals surface area contributed by atoms with Crippen molar-refractivity contribution >= 4 is 27.4 Å². The summed E-state index contributed by atoms with van der Waals surface area (Å²) in [6, 6.07) is 0. The number of aliphatic hydroxyl groups excluding tert-OH is 1. The molecule has 3 N–H and O–H groups in total. The van der Waals surface area contributed by atoms with E-state index in [0.717, 1.165) is 55.0 Å². The number of nitrogen functional groups attached to an aromatic ring is 1. The van der Waals surface area contributed by atoms with Gasteiger partial charge in [0.15, 0.2) is 0 Å². The number of hydrogen-bond acceptors (Lipinski definition) is 5. The Labute approximate surface area is 122 Å². The normalized spacial score (nSPS) is 17.5. The van der Waals surface area contributed by atoms with Crippen LogP contribution in [0.4, 0.5) is 11.5 Å². The zero-order valence-electron chi connectivity index (χ0n) is 11.3. The number of rotatable bonds is 3. The van der Waals surface area contributed by atoms with Crippen LogP contribution in [-0.2, 0) is 0 Å². The minimum absolute atomic E-state index is 0.225. The van der Waals surface area contributed by atoms with Gasteiger partial charge in [-0.25, -0.2) is 4.98 Å². The Morgan fingerprint density at radius 3 is 2.89 bits per heavy atom. The molecule has 6 heteroatoms. The summed E-state index contributed by atoms with van der Waals surface area (Å²) >= 11 is 3.60. The minimum Gasteiger partial charge on any atom is -0.397 e. The maximum absolute atomic E-state index is 9.02. The lowest BCUT2D eigenvalue weighted by atomic mass is 10.2. The Balaban J connectivity index is 2.12. The van der Waals surface area contributed by atoms with E-state index in [1.54, 1.807) is 6.20 Å². The fourth-order valence-electron chi connectivity index (χ4n) is 2.35. The first kappa shape index (κ1) is 14.6. The van der Waals surface area contributed by atoms with Gasteiger partial charge in [0, 0.05) is 26.2 Å². The lowest BCUT2D eigenvalue weighted by Crippen LogP contribution is -2.33. The van der Waals surface area contributed by atoms with Crippen molar-refractivity contribution < 1.29 is 5.11 Å². The Morgan fingerprint density at radius 1 is 1.37 bits per heavy atom. The zero-order valence-corrected chi connectivity index (χ0v) is 12.9. The molecule has 1 aliphatic rings. The monoisotopic (exact) mass is 328 g/mol. The second-order valence-corrected chi connectivity index (χ2v) is 5.67. The van der Waals surface area contributed by atoms with E-state index in [9.17, 15) is 0 Å². The number of halogens is 1. The molecule has 0 radical (unpaired) electrons. The van der Waals surface area contributed by atoms with Crippen molar-refractivity contribution in [2.75, 3.05) is 50.0 Å². The van der Waals surface area contributed by atoms with Crippen LogP contribution in [0.25, 0.3) is 0 Å². The molecule has 0 bridgehead atoms. The van der Waals surface area contributed by atoms with Gasteiger partial charge in [-0.3, -0.25) is 4.90 Å². The van der Waals surface area contributed by atoms with Crippen molar-refractivity contribution in [1.29, 1.82) is 0 Å². The molecule has 0 atom stereocenters. The summed E-state index contributed by atoms with van der Waals surface area (Å²) in [5, 5.41) is 9.02. The molecule has 0 unspecified atom stereocenters. The number of nitrogens with zero attached hydrogens (tertiary/aromatic N) is 3. The van der Waals surface area contributed by atoms with Crippen LogP contribution in [0.3, 0.4) is 0 Å². The van der Waals surface area contributed by atoms with E-state index >= 15 is 0 Å². The average Bonchev–Trinajstić information content (AvgIpc) is 2.63. The molecular formula is C13H21BrN4O. The van der Waals surface area contributed by atoms with Gasteiger partial charge in [0.1, 0.15) is 5.82 Å². The van der Waals surface area contributed by atoms with Gasteiger partial charge in [0.2, 0.25) is 0 Å². The van der Waals surface area contributed by atoms with Gasteiger partial charge < -0.3 is 15.7 Å². The van der Waals surface area contributed by atoms with Gasteiger partial charge in [-0.2, -0.15) is 0 Å². The van der Waals surface area contributed by atoms with Crippen LogP contribution in [0.15, 0.2) is 10.7 Å². The topological polar surface area (TPSA) is 65.6 Å².